The second kappa shape index (κ2) is 15.3. The number of hydrogen-bond acceptors (Lipinski definition) is 11. The van der Waals surface area contributed by atoms with Crippen LogP contribution in [-0.4, -0.2) is 104 Å². The summed E-state index contributed by atoms with van der Waals surface area (Å²) in [6.45, 7) is 8.45. The molecule has 2 saturated heterocycles. The predicted molar refractivity (Wildman–Crippen MR) is 202 cm³/mol. The maximum atomic E-state index is 13.5. The van der Waals surface area contributed by atoms with Crippen molar-refractivity contribution in [1.82, 2.24) is 30.5 Å². The van der Waals surface area contributed by atoms with Gasteiger partial charge in [0, 0.05) is 51.8 Å². The number of imide groups is 2. The molecule has 7 rings (SSSR count). The van der Waals surface area contributed by atoms with Crippen molar-refractivity contribution in [2.75, 3.05) is 38.0 Å². The Labute approximate surface area is 321 Å². The molecular formula is C40H41N7O9. The van der Waals surface area contributed by atoms with Crippen LogP contribution in [0.3, 0.4) is 0 Å². The lowest BCUT2D eigenvalue weighted by molar-refractivity contribution is -0.136. The molecule has 0 saturated carbocycles. The number of nitrogens with zero attached hydrogens (tertiary/aromatic N) is 4. The molecule has 2 fully saturated rings. The summed E-state index contributed by atoms with van der Waals surface area (Å²) in [6, 6.07) is 13.5. The highest BCUT2D eigenvalue weighted by molar-refractivity contribution is 6.26. The smallest absolute Gasteiger partial charge is 0.321 e. The van der Waals surface area contributed by atoms with Crippen molar-refractivity contribution in [3.63, 3.8) is 0 Å². The average Bonchev–Trinajstić information content (AvgIpc) is 3.71. The first kappa shape index (κ1) is 37.8. The van der Waals surface area contributed by atoms with E-state index in [-0.39, 0.29) is 58.5 Å². The number of phenolic OH excluding ortho intramolecular Hbond substituents is 2. The van der Waals surface area contributed by atoms with Crippen LogP contribution in [0.25, 0.3) is 22.5 Å². The predicted octanol–water partition coefficient (Wildman–Crippen LogP) is 4.04. The second-order valence-corrected chi connectivity index (χ2v) is 14.2. The molecule has 0 radical (unpaired) electrons. The van der Waals surface area contributed by atoms with Crippen LogP contribution < -0.4 is 16.0 Å². The fourth-order valence-electron chi connectivity index (χ4n) is 7.34. The van der Waals surface area contributed by atoms with Gasteiger partial charge in [-0.1, -0.05) is 49.3 Å². The second-order valence-electron chi connectivity index (χ2n) is 14.2. The Hall–Kier alpha value is -6.55. The summed E-state index contributed by atoms with van der Waals surface area (Å²) in [5.41, 5.74) is 3.21. The third-order valence-electron chi connectivity index (χ3n) is 10.3. The molecule has 1 aromatic heterocycles. The summed E-state index contributed by atoms with van der Waals surface area (Å²) >= 11 is 0. The van der Waals surface area contributed by atoms with Gasteiger partial charge in [0.1, 0.15) is 17.5 Å². The van der Waals surface area contributed by atoms with Crippen LogP contribution in [0.1, 0.15) is 81.9 Å². The normalized spacial score (nSPS) is 17.3. The fraction of sp³-hybridized carbons (Fsp3) is 0.325. The highest BCUT2D eigenvalue weighted by Crippen LogP contribution is 2.43. The Morgan fingerprint density at radius 1 is 0.929 bits per heavy atom. The monoisotopic (exact) mass is 763 g/mol. The van der Waals surface area contributed by atoms with Gasteiger partial charge in [0.05, 0.1) is 27.9 Å². The van der Waals surface area contributed by atoms with Gasteiger partial charge in [0.25, 0.3) is 17.7 Å². The van der Waals surface area contributed by atoms with Gasteiger partial charge in [0.15, 0.2) is 11.5 Å². The minimum atomic E-state index is -1.11. The zero-order valence-electron chi connectivity index (χ0n) is 31.0. The standard InChI is InChI=1S/C40H41N7O9/c1-4-41-37(52)34-32(35(56-44-34)26-18-25(21(2)3)29(48)19-30(26)49)23-10-8-22(9-11-23)20-45-14-16-46(17-15-45)40(55)42-27-7-5-6-24-33(27)39(54)47(38(24)53)28-12-13-31(50)43-36(28)51/h5-11,18-19,21,28,48-49H,4,12-17,20H2,1-3H3,(H,41,52)(H,42,55)(H,43,50,51). The summed E-state index contributed by atoms with van der Waals surface area (Å²) < 4.78 is 5.69. The van der Waals surface area contributed by atoms with Crippen LogP contribution in [0.2, 0.25) is 0 Å². The molecule has 5 N–H and O–H groups in total. The first-order chi connectivity index (χ1) is 26.9. The number of anilines is 1. The van der Waals surface area contributed by atoms with Crippen LogP contribution in [0.15, 0.2) is 59.1 Å². The number of fused-ring (bicyclic) bond motifs is 1. The van der Waals surface area contributed by atoms with Crippen LogP contribution in [0.5, 0.6) is 11.5 Å². The van der Waals surface area contributed by atoms with Gasteiger partial charge in [-0.15, -0.1) is 0 Å². The molecule has 4 aromatic rings. The molecule has 3 aliphatic rings. The highest BCUT2D eigenvalue weighted by atomic mass is 16.5. The molecule has 16 heteroatoms. The Morgan fingerprint density at radius 3 is 2.34 bits per heavy atom. The molecule has 0 bridgehead atoms. The van der Waals surface area contributed by atoms with Gasteiger partial charge in [-0.05, 0) is 54.2 Å². The quantitative estimate of drug-likeness (QED) is 0.153. The molecule has 4 heterocycles. The van der Waals surface area contributed by atoms with E-state index in [1.165, 1.54) is 18.2 Å². The number of carbonyl (C=O) groups excluding carboxylic acids is 6. The first-order valence-electron chi connectivity index (χ1n) is 18.4. The van der Waals surface area contributed by atoms with Gasteiger partial charge in [-0.2, -0.15) is 0 Å². The molecule has 1 unspecified atom stereocenters. The van der Waals surface area contributed by atoms with Crippen molar-refractivity contribution < 1.29 is 43.5 Å². The van der Waals surface area contributed by atoms with Crippen molar-refractivity contribution in [3.05, 3.63) is 82.5 Å². The lowest BCUT2D eigenvalue weighted by Crippen LogP contribution is -2.54. The maximum Gasteiger partial charge on any atom is 0.321 e. The Balaban J connectivity index is 1.01. The van der Waals surface area contributed by atoms with Gasteiger partial charge in [-0.3, -0.25) is 39.1 Å². The summed E-state index contributed by atoms with van der Waals surface area (Å²) in [5, 5.41) is 33.0. The first-order valence-corrected chi connectivity index (χ1v) is 18.4. The van der Waals surface area contributed by atoms with E-state index in [9.17, 15) is 39.0 Å². The molecule has 56 heavy (non-hydrogen) atoms. The number of amides is 7. The van der Waals surface area contributed by atoms with Crippen LogP contribution >= 0.6 is 0 Å². The number of nitrogens with one attached hydrogen (secondary N) is 3. The number of benzene rings is 3. The minimum Gasteiger partial charge on any atom is -0.508 e. The zero-order chi connectivity index (χ0) is 39.8. The van der Waals surface area contributed by atoms with Gasteiger partial charge in [-0.25, -0.2) is 4.79 Å². The van der Waals surface area contributed by atoms with E-state index in [4.69, 9.17) is 4.52 Å². The Kier molecular flexibility index (Phi) is 10.3. The number of urea groups is 1. The number of rotatable bonds is 9. The number of piperazine rings is 1. The van der Waals surface area contributed by atoms with E-state index >= 15 is 0 Å². The van der Waals surface area contributed by atoms with Gasteiger partial charge in [0.2, 0.25) is 11.8 Å². The van der Waals surface area contributed by atoms with E-state index in [0.717, 1.165) is 10.5 Å². The molecule has 0 spiro atoms. The third kappa shape index (κ3) is 7.06. The molecule has 290 valence electrons. The van der Waals surface area contributed by atoms with Crippen LogP contribution in [-0.2, 0) is 16.1 Å². The van der Waals surface area contributed by atoms with Gasteiger partial charge >= 0.3 is 6.03 Å². The molecular weight excluding hydrogens is 722 g/mol. The third-order valence-corrected chi connectivity index (χ3v) is 10.3. The topological polar surface area (TPSA) is 215 Å². The lowest BCUT2D eigenvalue weighted by Gasteiger charge is -2.34. The summed E-state index contributed by atoms with van der Waals surface area (Å²) in [5.74, 6) is -3.10. The van der Waals surface area contributed by atoms with E-state index in [1.807, 2.05) is 38.1 Å². The van der Waals surface area contributed by atoms with Crippen molar-refractivity contribution in [2.24, 2.45) is 0 Å². The number of piperidine rings is 1. The number of aromatic nitrogens is 1. The SMILES string of the molecule is CCNC(=O)c1noc(-c2cc(C(C)C)c(O)cc2O)c1-c1ccc(CN2CCN(C(=O)Nc3cccc4c3C(=O)N(C3CCC(=O)NC3=O)C4=O)CC2)cc1. The summed E-state index contributed by atoms with van der Waals surface area (Å²) in [6.07, 6.45) is 0.0293. The number of carbonyl (C=O) groups is 6. The van der Waals surface area contributed by atoms with Crippen molar-refractivity contribution in [1.29, 1.82) is 0 Å². The minimum absolute atomic E-state index is 0.00209. The van der Waals surface area contributed by atoms with Crippen LogP contribution in [0.4, 0.5) is 10.5 Å². The molecule has 3 aromatic carbocycles. The molecule has 1 atom stereocenters. The highest BCUT2D eigenvalue weighted by Gasteiger charge is 2.46. The largest absolute Gasteiger partial charge is 0.508 e. The van der Waals surface area contributed by atoms with Crippen molar-refractivity contribution in [2.45, 2.75) is 52.1 Å². The number of hydrogen-bond donors (Lipinski definition) is 5. The van der Waals surface area contributed by atoms with Crippen molar-refractivity contribution in [3.8, 4) is 33.9 Å². The van der Waals surface area contributed by atoms with Crippen LogP contribution in [0, 0.1) is 0 Å². The summed E-state index contributed by atoms with van der Waals surface area (Å²) in [4.78, 5) is 81.9. The lowest BCUT2D eigenvalue weighted by atomic mass is 9.94. The molecule has 16 nitrogen and oxygen atoms in total. The number of phenols is 2. The average molecular weight is 764 g/mol. The van der Waals surface area contributed by atoms with E-state index < -0.39 is 41.6 Å². The number of aromatic hydroxyl groups is 2. The molecule has 0 aliphatic carbocycles. The van der Waals surface area contributed by atoms with E-state index in [1.54, 1.807) is 24.0 Å². The fourth-order valence-corrected chi connectivity index (χ4v) is 7.34. The van der Waals surface area contributed by atoms with E-state index in [0.29, 0.717) is 61.5 Å². The Morgan fingerprint density at radius 2 is 1.66 bits per heavy atom. The summed E-state index contributed by atoms with van der Waals surface area (Å²) in [7, 11) is 0. The van der Waals surface area contributed by atoms with Crippen molar-refractivity contribution >= 4 is 41.3 Å². The molecule has 3 aliphatic heterocycles. The van der Waals surface area contributed by atoms with Gasteiger partial charge < -0.3 is 30.3 Å². The maximum absolute atomic E-state index is 13.5. The zero-order valence-corrected chi connectivity index (χ0v) is 31.0. The van der Waals surface area contributed by atoms with E-state index in [2.05, 4.69) is 26.0 Å². The Bertz CT molecular complexity index is 2260. The molecule has 7 amide bonds.